The molecule has 0 aliphatic carbocycles. The monoisotopic (exact) mass is 404 g/mol. The number of rotatable bonds is 6. The molecule has 1 amide bonds. The molecule has 0 heterocycles. The van der Waals surface area contributed by atoms with Crippen molar-refractivity contribution in [3.05, 3.63) is 94.6 Å². The number of primary amides is 1. The summed E-state index contributed by atoms with van der Waals surface area (Å²) in [6.07, 6.45) is 1.02. The summed E-state index contributed by atoms with van der Waals surface area (Å²) in [7, 11) is 0. The Labute approximate surface area is 172 Å². The van der Waals surface area contributed by atoms with Gasteiger partial charge >= 0.3 is 0 Å². The van der Waals surface area contributed by atoms with E-state index in [1.165, 1.54) is 0 Å². The highest BCUT2D eigenvalue weighted by Gasteiger charge is 2.15. The van der Waals surface area contributed by atoms with Crippen LogP contribution in [0.15, 0.2) is 66.2 Å². The van der Waals surface area contributed by atoms with Crippen LogP contribution >= 0.6 is 0 Å². The van der Waals surface area contributed by atoms with Gasteiger partial charge in [-0.1, -0.05) is 48.5 Å². The number of carbonyl (C=O) groups is 1. The van der Waals surface area contributed by atoms with Gasteiger partial charge in [0, 0.05) is 0 Å². The Morgan fingerprint density at radius 1 is 1.10 bits per heavy atom. The predicted molar refractivity (Wildman–Crippen MR) is 110 cm³/mol. The first-order chi connectivity index (χ1) is 14.4. The van der Waals surface area contributed by atoms with Crippen LogP contribution in [-0.4, -0.2) is 5.91 Å². The van der Waals surface area contributed by atoms with E-state index in [1.807, 2.05) is 55.5 Å². The second-order valence-electron chi connectivity index (χ2n) is 6.59. The van der Waals surface area contributed by atoms with Gasteiger partial charge in [0.05, 0.1) is 0 Å². The predicted octanol–water partition coefficient (Wildman–Crippen LogP) is 4.91. The summed E-state index contributed by atoms with van der Waals surface area (Å²) in [5.41, 5.74) is 8.41. The Morgan fingerprint density at radius 3 is 2.37 bits per heavy atom. The molecule has 0 bridgehead atoms. The van der Waals surface area contributed by atoms with Crippen LogP contribution in [0, 0.1) is 29.9 Å². The first-order valence-electron chi connectivity index (χ1n) is 9.08. The van der Waals surface area contributed by atoms with Gasteiger partial charge < -0.3 is 10.5 Å². The molecule has 150 valence electrons. The van der Waals surface area contributed by atoms with Crippen LogP contribution in [0.25, 0.3) is 17.2 Å². The van der Waals surface area contributed by atoms with Crippen molar-refractivity contribution in [3.8, 4) is 22.9 Å². The number of hydrogen-bond donors (Lipinski definition) is 1. The number of benzene rings is 3. The third-order valence-electron chi connectivity index (χ3n) is 4.62. The third-order valence-corrected chi connectivity index (χ3v) is 4.62. The van der Waals surface area contributed by atoms with E-state index >= 15 is 0 Å². The molecule has 0 saturated carbocycles. The second-order valence-corrected chi connectivity index (χ2v) is 6.59. The van der Waals surface area contributed by atoms with Gasteiger partial charge in [-0.05, 0) is 52.9 Å². The van der Waals surface area contributed by atoms with Crippen LogP contribution in [0.3, 0.4) is 0 Å². The zero-order valence-electron chi connectivity index (χ0n) is 16.2. The largest absolute Gasteiger partial charge is 0.483 e. The molecule has 0 radical (unpaired) electrons. The molecule has 0 aliphatic rings. The molecule has 2 N–H and O–H groups in total. The van der Waals surface area contributed by atoms with Crippen LogP contribution in [0.5, 0.6) is 5.75 Å². The zero-order valence-corrected chi connectivity index (χ0v) is 16.2. The van der Waals surface area contributed by atoms with Gasteiger partial charge in [-0.3, -0.25) is 4.79 Å². The first-order valence-corrected chi connectivity index (χ1v) is 9.08. The lowest BCUT2D eigenvalue weighted by molar-refractivity contribution is -0.114. The molecule has 0 spiro atoms. The van der Waals surface area contributed by atoms with Crippen molar-refractivity contribution in [2.45, 2.75) is 13.5 Å². The van der Waals surface area contributed by atoms with Gasteiger partial charge in [-0.15, -0.1) is 0 Å². The molecule has 0 aromatic heterocycles. The molecule has 0 unspecified atom stereocenters. The zero-order chi connectivity index (χ0) is 21.7. The minimum atomic E-state index is -0.979. The average Bonchev–Trinajstić information content (AvgIpc) is 2.73. The second kappa shape index (κ2) is 9.01. The molecule has 0 fully saturated rings. The van der Waals surface area contributed by atoms with E-state index in [4.69, 9.17) is 15.7 Å². The van der Waals surface area contributed by atoms with Crippen molar-refractivity contribution in [2.24, 2.45) is 5.73 Å². The van der Waals surface area contributed by atoms with Crippen LogP contribution in [0.1, 0.15) is 16.7 Å². The first kappa shape index (κ1) is 20.7. The maximum absolute atomic E-state index is 14.4. The Kier molecular flexibility index (Phi) is 6.23. The van der Waals surface area contributed by atoms with Crippen LogP contribution in [-0.2, 0) is 11.4 Å². The normalized spacial score (nSPS) is 11.1. The summed E-state index contributed by atoms with van der Waals surface area (Å²) in [4.78, 5) is 11.1. The molecular weight excluding hydrogens is 386 g/mol. The summed E-state index contributed by atoms with van der Waals surface area (Å²) in [6.45, 7) is 1.90. The van der Waals surface area contributed by atoms with Gasteiger partial charge in [0.1, 0.15) is 18.2 Å². The molecule has 30 heavy (non-hydrogen) atoms. The molecule has 0 saturated heterocycles. The van der Waals surface area contributed by atoms with Crippen molar-refractivity contribution < 1.29 is 18.3 Å². The number of carbonyl (C=O) groups excluding carboxylic acids is 1. The number of amides is 1. The molecule has 4 nitrogen and oxygen atoms in total. The summed E-state index contributed by atoms with van der Waals surface area (Å²) in [6, 6.07) is 19.0. The maximum Gasteiger partial charge on any atom is 0.259 e. The van der Waals surface area contributed by atoms with E-state index in [0.717, 1.165) is 40.5 Å². The summed E-state index contributed by atoms with van der Waals surface area (Å²) in [5.74, 6) is -3.40. The lowest BCUT2D eigenvalue weighted by Crippen LogP contribution is -2.12. The Bertz CT molecular complexity index is 1140. The number of nitriles is 1. The number of ether oxygens (including phenoxy) is 1. The van der Waals surface area contributed by atoms with E-state index in [9.17, 15) is 13.6 Å². The van der Waals surface area contributed by atoms with E-state index in [1.54, 1.807) is 6.07 Å². The van der Waals surface area contributed by atoms with Gasteiger partial charge in [-0.2, -0.15) is 5.26 Å². The van der Waals surface area contributed by atoms with E-state index in [-0.39, 0.29) is 12.2 Å². The Morgan fingerprint density at radius 2 is 1.77 bits per heavy atom. The van der Waals surface area contributed by atoms with E-state index in [2.05, 4.69) is 0 Å². The molecule has 3 aromatic carbocycles. The number of halogens is 2. The molecule has 0 aliphatic heterocycles. The minimum absolute atomic E-state index is 0.00467. The highest BCUT2D eigenvalue weighted by molar-refractivity contribution is 6.00. The van der Waals surface area contributed by atoms with Crippen LogP contribution in [0.2, 0.25) is 0 Å². The fraction of sp³-hybridized carbons (Fsp3) is 0.0833. The summed E-state index contributed by atoms with van der Waals surface area (Å²) >= 11 is 0. The Balaban J connectivity index is 1.85. The van der Waals surface area contributed by atoms with Crippen LogP contribution in [0.4, 0.5) is 8.78 Å². The van der Waals surface area contributed by atoms with Crippen LogP contribution < -0.4 is 10.5 Å². The third kappa shape index (κ3) is 4.53. The topological polar surface area (TPSA) is 76.1 Å². The van der Waals surface area contributed by atoms with Gasteiger partial charge in [0.2, 0.25) is 0 Å². The fourth-order valence-electron chi connectivity index (χ4n) is 3.05. The van der Waals surface area contributed by atoms with Crippen molar-refractivity contribution >= 4 is 12.0 Å². The van der Waals surface area contributed by atoms with Crippen molar-refractivity contribution in [1.82, 2.24) is 0 Å². The molecule has 6 heteroatoms. The maximum atomic E-state index is 14.4. The highest BCUT2D eigenvalue weighted by Crippen LogP contribution is 2.29. The summed E-state index contributed by atoms with van der Waals surface area (Å²) in [5, 5.41) is 8.86. The lowest BCUT2D eigenvalue weighted by atomic mass is 9.97. The van der Waals surface area contributed by atoms with Crippen molar-refractivity contribution in [2.75, 3.05) is 0 Å². The van der Waals surface area contributed by atoms with Gasteiger partial charge in [0.15, 0.2) is 17.4 Å². The average molecular weight is 404 g/mol. The lowest BCUT2D eigenvalue weighted by Gasteiger charge is -2.14. The molecule has 3 aromatic rings. The van der Waals surface area contributed by atoms with Crippen molar-refractivity contribution in [1.29, 1.82) is 5.26 Å². The number of nitrogens with two attached hydrogens (primary N) is 1. The van der Waals surface area contributed by atoms with E-state index in [0.29, 0.717) is 0 Å². The van der Waals surface area contributed by atoms with Crippen molar-refractivity contribution in [3.63, 3.8) is 0 Å². The minimum Gasteiger partial charge on any atom is -0.483 e. The number of nitrogens with zero attached hydrogens (tertiary/aromatic N) is 1. The molecule has 0 atom stereocenters. The van der Waals surface area contributed by atoms with Gasteiger partial charge in [-0.25, -0.2) is 8.78 Å². The van der Waals surface area contributed by atoms with Gasteiger partial charge in [0.25, 0.3) is 5.91 Å². The quantitative estimate of drug-likeness (QED) is 0.468. The van der Waals surface area contributed by atoms with E-state index < -0.39 is 28.9 Å². The Hall–Kier alpha value is -3.98. The number of hydrogen-bond acceptors (Lipinski definition) is 3. The molecule has 3 rings (SSSR count). The summed E-state index contributed by atoms with van der Waals surface area (Å²) < 4.78 is 34.3. The standard InChI is InChI=1S/C24H18F2N2O2/c1-15-18(8-5-9-20(15)17-6-3-2-4-7-17)14-30-23-21(25)11-16(12-22(23)26)10-19(13-27)24(28)29/h2-12H,14H2,1H3,(H2,28,29)/b19-10+. The SMILES string of the molecule is Cc1c(COc2c(F)cc(/C=C(\C#N)C(N)=O)cc2F)cccc1-c1ccccc1. The fourth-order valence-corrected chi connectivity index (χ4v) is 3.05. The highest BCUT2D eigenvalue weighted by atomic mass is 19.1. The smallest absolute Gasteiger partial charge is 0.259 e. The molecular formula is C24H18F2N2O2.